The molecule has 2 aromatic carbocycles. The summed E-state index contributed by atoms with van der Waals surface area (Å²) in [6.45, 7) is 2.87. The molecular formula is C24H36Br2N2O4. The van der Waals surface area contributed by atoms with E-state index in [0.29, 0.717) is 6.04 Å². The van der Waals surface area contributed by atoms with Gasteiger partial charge in [-0.05, 0) is 87.5 Å². The molecule has 0 fully saturated rings. The van der Waals surface area contributed by atoms with Gasteiger partial charge in [0.25, 0.3) is 0 Å². The van der Waals surface area contributed by atoms with Gasteiger partial charge in [-0.3, -0.25) is 0 Å². The molecule has 3 rings (SSSR count). The fraction of sp³-hybridized carbons (Fsp3) is 0.500. The molecule has 32 heavy (non-hydrogen) atoms. The van der Waals surface area contributed by atoms with Crippen molar-refractivity contribution in [3.63, 3.8) is 0 Å². The zero-order valence-corrected chi connectivity index (χ0v) is 21.8. The molecule has 0 saturated carbocycles. The third-order valence-electron chi connectivity index (χ3n) is 5.91. The molecule has 6 N–H and O–H groups in total. The first-order valence-electron chi connectivity index (χ1n) is 11.0. The standard InChI is InChI=1S/C24H34N2O4.2BrH/c27-21-9-5-17(15-23(21)29)11-14-25-12-3-1-2-4-13-26-19-7-8-20-18(16-19)6-10-22(28)24(20)30;;/h5-6,9-10,15,19,25-30H,1-4,7-8,11-14,16H2;2*1H. The largest absolute Gasteiger partial charge is 0.504 e. The molecule has 0 bridgehead atoms. The Morgan fingerprint density at radius 2 is 1.50 bits per heavy atom. The van der Waals surface area contributed by atoms with Gasteiger partial charge < -0.3 is 31.1 Å². The smallest absolute Gasteiger partial charge is 0.160 e. The van der Waals surface area contributed by atoms with Crippen LogP contribution in [0.3, 0.4) is 0 Å². The molecule has 0 aromatic heterocycles. The number of hydrogen-bond donors (Lipinski definition) is 6. The Bertz CT molecular complexity index is 836. The molecule has 2 aromatic rings. The molecule has 0 amide bonds. The van der Waals surface area contributed by atoms with Crippen LogP contribution in [0.2, 0.25) is 0 Å². The van der Waals surface area contributed by atoms with Crippen LogP contribution in [0, 0.1) is 0 Å². The lowest BCUT2D eigenvalue weighted by molar-refractivity contribution is 0.387. The molecule has 0 spiro atoms. The Hall–Kier alpha value is -1.48. The number of halogens is 2. The van der Waals surface area contributed by atoms with Gasteiger partial charge in [-0.1, -0.05) is 25.0 Å². The van der Waals surface area contributed by atoms with E-state index in [1.807, 2.05) is 12.1 Å². The quantitative estimate of drug-likeness (QED) is 0.174. The van der Waals surface area contributed by atoms with E-state index in [-0.39, 0.29) is 57.0 Å². The minimum Gasteiger partial charge on any atom is -0.504 e. The lowest BCUT2D eigenvalue weighted by atomic mass is 9.87. The van der Waals surface area contributed by atoms with E-state index in [4.69, 9.17) is 0 Å². The molecule has 180 valence electrons. The van der Waals surface area contributed by atoms with Crippen molar-refractivity contribution in [2.75, 3.05) is 19.6 Å². The van der Waals surface area contributed by atoms with Crippen molar-refractivity contribution < 1.29 is 20.4 Å². The van der Waals surface area contributed by atoms with Crippen LogP contribution < -0.4 is 10.6 Å². The molecular weight excluding hydrogens is 540 g/mol. The third-order valence-corrected chi connectivity index (χ3v) is 5.91. The Kier molecular flexibility index (Phi) is 13.0. The Morgan fingerprint density at radius 1 is 0.781 bits per heavy atom. The predicted octanol–water partition coefficient (Wildman–Crippen LogP) is 4.50. The summed E-state index contributed by atoms with van der Waals surface area (Å²) in [5, 5.41) is 45.5. The third kappa shape index (κ3) is 8.46. The van der Waals surface area contributed by atoms with Crippen LogP contribution >= 0.6 is 34.0 Å². The van der Waals surface area contributed by atoms with Gasteiger partial charge in [-0.15, -0.1) is 34.0 Å². The zero-order valence-electron chi connectivity index (χ0n) is 18.3. The van der Waals surface area contributed by atoms with Crippen LogP contribution in [0.1, 0.15) is 48.8 Å². The van der Waals surface area contributed by atoms with Crippen molar-refractivity contribution in [1.29, 1.82) is 0 Å². The molecule has 0 radical (unpaired) electrons. The van der Waals surface area contributed by atoms with Crippen molar-refractivity contribution in [3.8, 4) is 23.0 Å². The Balaban J connectivity index is 0.00000256. The molecule has 0 aliphatic heterocycles. The van der Waals surface area contributed by atoms with Gasteiger partial charge in [0.1, 0.15) is 0 Å². The first-order chi connectivity index (χ1) is 14.5. The summed E-state index contributed by atoms with van der Waals surface area (Å²) in [6, 6.07) is 8.93. The normalized spacial score (nSPS) is 14.8. The molecule has 1 aliphatic carbocycles. The summed E-state index contributed by atoms with van der Waals surface area (Å²) in [5.41, 5.74) is 3.06. The average molecular weight is 576 g/mol. The van der Waals surface area contributed by atoms with Crippen LogP contribution in [0.4, 0.5) is 0 Å². The highest BCUT2D eigenvalue weighted by Gasteiger charge is 2.21. The van der Waals surface area contributed by atoms with Crippen LogP contribution in [-0.2, 0) is 19.3 Å². The second-order valence-corrected chi connectivity index (χ2v) is 8.20. The van der Waals surface area contributed by atoms with Crippen molar-refractivity contribution in [3.05, 3.63) is 47.0 Å². The maximum absolute atomic E-state index is 9.96. The van der Waals surface area contributed by atoms with Gasteiger partial charge in [0, 0.05) is 11.6 Å². The molecule has 0 heterocycles. The fourth-order valence-corrected chi connectivity index (χ4v) is 4.11. The molecule has 1 aliphatic rings. The highest BCUT2D eigenvalue weighted by atomic mass is 79.9. The zero-order chi connectivity index (χ0) is 21.3. The lowest BCUT2D eigenvalue weighted by Gasteiger charge is -2.26. The number of phenols is 4. The average Bonchev–Trinajstić information content (AvgIpc) is 2.74. The van der Waals surface area contributed by atoms with E-state index in [1.54, 1.807) is 12.1 Å². The SMILES string of the molecule is Br.Br.Oc1ccc(CCNCCCCCCNC2CCc3c(ccc(O)c3O)C2)cc1O. The van der Waals surface area contributed by atoms with Crippen molar-refractivity contribution in [2.24, 2.45) is 0 Å². The molecule has 8 heteroatoms. The number of aromatic hydroxyl groups is 4. The number of fused-ring (bicyclic) bond motifs is 1. The summed E-state index contributed by atoms with van der Waals surface area (Å²) in [7, 11) is 0. The minimum atomic E-state index is -0.0749. The molecule has 1 atom stereocenters. The van der Waals surface area contributed by atoms with E-state index in [1.165, 1.54) is 18.9 Å². The second kappa shape index (κ2) is 14.6. The molecule has 6 nitrogen and oxygen atoms in total. The Labute approximate surface area is 211 Å². The van der Waals surface area contributed by atoms with Crippen LogP contribution in [0.5, 0.6) is 23.0 Å². The predicted molar refractivity (Wildman–Crippen MR) is 139 cm³/mol. The second-order valence-electron chi connectivity index (χ2n) is 8.20. The lowest BCUT2D eigenvalue weighted by Crippen LogP contribution is -2.35. The van der Waals surface area contributed by atoms with Crippen LogP contribution in [0.25, 0.3) is 0 Å². The highest BCUT2D eigenvalue weighted by molar-refractivity contribution is 8.93. The van der Waals surface area contributed by atoms with E-state index in [0.717, 1.165) is 74.8 Å². The maximum Gasteiger partial charge on any atom is 0.160 e. The van der Waals surface area contributed by atoms with Gasteiger partial charge in [0.05, 0.1) is 0 Å². The number of rotatable bonds is 11. The molecule has 1 unspecified atom stereocenters. The van der Waals surface area contributed by atoms with Crippen molar-refractivity contribution in [1.82, 2.24) is 10.6 Å². The summed E-state index contributed by atoms with van der Waals surface area (Å²) in [5.74, 6) is -0.0971. The van der Waals surface area contributed by atoms with Gasteiger partial charge in [0.15, 0.2) is 23.0 Å². The summed E-state index contributed by atoms with van der Waals surface area (Å²) >= 11 is 0. The van der Waals surface area contributed by atoms with E-state index >= 15 is 0 Å². The van der Waals surface area contributed by atoms with Crippen LogP contribution in [0.15, 0.2) is 30.3 Å². The van der Waals surface area contributed by atoms with Crippen molar-refractivity contribution in [2.45, 2.75) is 57.4 Å². The number of benzene rings is 2. The number of hydrogen-bond acceptors (Lipinski definition) is 6. The first kappa shape index (κ1) is 28.6. The fourth-order valence-electron chi connectivity index (χ4n) is 4.11. The summed E-state index contributed by atoms with van der Waals surface area (Å²) in [6.07, 6.45) is 8.27. The van der Waals surface area contributed by atoms with Gasteiger partial charge >= 0.3 is 0 Å². The van der Waals surface area contributed by atoms with E-state index < -0.39 is 0 Å². The summed E-state index contributed by atoms with van der Waals surface area (Å²) in [4.78, 5) is 0. The molecule has 0 saturated heterocycles. The maximum atomic E-state index is 9.96. The monoisotopic (exact) mass is 574 g/mol. The van der Waals surface area contributed by atoms with Crippen LogP contribution in [-0.4, -0.2) is 46.1 Å². The van der Waals surface area contributed by atoms with E-state index in [9.17, 15) is 20.4 Å². The van der Waals surface area contributed by atoms with Gasteiger partial charge in [-0.2, -0.15) is 0 Å². The minimum absolute atomic E-state index is 0. The van der Waals surface area contributed by atoms with Gasteiger partial charge in [0.2, 0.25) is 0 Å². The highest BCUT2D eigenvalue weighted by Crippen LogP contribution is 2.35. The number of nitrogens with one attached hydrogen (secondary N) is 2. The topological polar surface area (TPSA) is 105 Å². The summed E-state index contributed by atoms with van der Waals surface area (Å²) < 4.78 is 0. The first-order valence-corrected chi connectivity index (χ1v) is 11.0. The Morgan fingerprint density at radius 3 is 2.25 bits per heavy atom. The number of unbranched alkanes of at least 4 members (excludes halogenated alkanes) is 3. The van der Waals surface area contributed by atoms with Crippen molar-refractivity contribution >= 4 is 34.0 Å². The van der Waals surface area contributed by atoms with E-state index in [2.05, 4.69) is 10.6 Å². The van der Waals surface area contributed by atoms with Gasteiger partial charge in [-0.25, -0.2) is 0 Å². The number of phenolic OH excluding ortho intramolecular Hbond substituents is 4.